The van der Waals surface area contributed by atoms with E-state index in [0.29, 0.717) is 0 Å². The molecule has 1 rings (SSSR count). The molecule has 0 aliphatic heterocycles. The maximum absolute atomic E-state index is 3.95. The molecular formula is C8H9N. The lowest BCUT2D eigenvalue weighted by Gasteiger charge is -1.94. The Bertz CT molecular complexity index is 216. The lowest BCUT2D eigenvalue weighted by Crippen LogP contribution is -1.79. The Morgan fingerprint density at radius 1 is 1.67 bits per heavy atom. The van der Waals surface area contributed by atoms with Gasteiger partial charge in [-0.1, -0.05) is 12.7 Å². The number of aryl methyl sites for hydroxylation is 1. The minimum atomic E-state index is 1.11. The molecule has 0 saturated heterocycles. The first-order valence-electron chi connectivity index (χ1n) is 2.87. The predicted octanol–water partition coefficient (Wildman–Crippen LogP) is 2.03. The van der Waals surface area contributed by atoms with Gasteiger partial charge < -0.3 is 0 Å². The van der Waals surface area contributed by atoms with E-state index in [4.69, 9.17) is 0 Å². The molecule has 0 unspecified atom stereocenters. The zero-order valence-electron chi connectivity index (χ0n) is 5.46. The van der Waals surface area contributed by atoms with Gasteiger partial charge in [-0.2, -0.15) is 0 Å². The number of nitrogens with zero attached hydrogens (tertiary/aromatic N) is 1. The highest BCUT2D eigenvalue weighted by Gasteiger charge is 1.87. The van der Waals surface area contributed by atoms with Crippen molar-refractivity contribution in [2.24, 2.45) is 0 Å². The molecule has 0 amide bonds. The summed E-state index contributed by atoms with van der Waals surface area (Å²) in [4.78, 5) is 3.95. The van der Waals surface area contributed by atoms with E-state index in [0.717, 1.165) is 5.56 Å². The van der Waals surface area contributed by atoms with Crippen LogP contribution in [0.25, 0.3) is 6.08 Å². The quantitative estimate of drug-likeness (QED) is 0.551. The highest BCUT2D eigenvalue weighted by atomic mass is 14.6. The summed E-state index contributed by atoms with van der Waals surface area (Å²) in [6, 6.07) is 1.97. The minimum Gasteiger partial charge on any atom is -0.264 e. The van der Waals surface area contributed by atoms with Crippen LogP contribution in [0.2, 0.25) is 0 Å². The molecule has 46 valence electrons. The Labute approximate surface area is 55.1 Å². The average Bonchev–Trinajstić information content (AvgIpc) is 1.89. The van der Waals surface area contributed by atoms with Crippen LogP contribution in [0.4, 0.5) is 0 Å². The van der Waals surface area contributed by atoms with Crippen molar-refractivity contribution in [1.29, 1.82) is 0 Å². The first kappa shape index (κ1) is 6.02. The van der Waals surface area contributed by atoms with Crippen molar-refractivity contribution in [3.63, 3.8) is 0 Å². The van der Waals surface area contributed by atoms with Gasteiger partial charge in [-0.15, -0.1) is 0 Å². The van der Waals surface area contributed by atoms with Crippen LogP contribution in [-0.4, -0.2) is 4.98 Å². The van der Waals surface area contributed by atoms with Crippen molar-refractivity contribution in [2.45, 2.75) is 6.92 Å². The molecule has 0 N–H and O–H groups in total. The molecule has 1 heterocycles. The first-order valence-corrected chi connectivity index (χ1v) is 2.87. The van der Waals surface area contributed by atoms with Crippen molar-refractivity contribution in [2.75, 3.05) is 0 Å². The Hall–Kier alpha value is -1.11. The van der Waals surface area contributed by atoms with Gasteiger partial charge in [-0.05, 0) is 24.1 Å². The van der Waals surface area contributed by atoms with Gasteiger partial charge in [0.15, 0.2) is 0 Å². The maximum atomic E-state index is 3.95. The molecule has 0 spiro atoms. The summed E-state index contributed by atoms with van der Waals surface area (Å²) in [5, 5.41) is 0. The van der Waals surface area contributed by atoms with E-state index in [1.807, 2.05) is 25.3 Å². The molecule has 0 atom stereocenters. The van der Waals surface area contributed by atoms with E-state index >= 15 is 0 Å². The summed E-state index contributed by atoms with van der Waals surface area (Å²) >= 11 is 0. The third-order valence-electron chi connectivity index (χ3n) is 1.30. The summed E-state index contributed by atoms with van der Waals surface area (Å²) < 4.78 is 0. The van der Waals surface area contributed by atoms with Crippen LogP contribution in [0.3, 0.4) is 0 Å². The Balaban J connectivity index is 3.15. The number of aromatic nitrogens is 1. The molecule has 1 heteroatoms. The van der Waals surface area contributed by atoms with E-state index in [-0.39, 0.29) is 0 Å². The summed E-state index contributed by atoms with van der Waals surface area (Å²) in [5.74, 6) is 0. The van der Waals surface area contributed by atoms with Crippen molar-refractivity contribution in [3.8, 4) is 0 Å². The molecule has 9 heavy (non-hydrogen) atoms. The van der Waals surface area contributed by atoms with Gasteiger partial charge in [0.25, 0.3) is 0 Å². The average molecular weight is 119 g/mol. The highest BCUT2D eigenvalue weighted by Crippen LogP contribution is 2.04. The van der Waals surface area contributed by atoms with Crippen LogP contribution in [0.5, 0.6) is 0 Å². The Kier molecular flexibility index (Phi) is 1.63. The monoisotopic (exact) mass is 119 g/mol. The zero-order valence-corrected chi connectivity index (χ0v) is 5.46. The van der Waals surface area contributed by atoms with Crippen molar-refractivity contribution in [3.05, 3.63) is 36.2 Å². The minimum absolute atomic E-state index is 1.11. The Morgan fingerprint density at radius 2 is 2.44 bits per heavy atom. The second-order valence-electron chi connectivity index (χ2n) is 1.94. The van der Waals surface area contributed by atoms with E-state index in [9.17, 15) is 0 Å². The summed E-state index contributed by atoms with van der Waals surface area (Å²) in [6.45, 7) is 5.69. The topological polar surface area (TPSA) is 12.9 Å². The molecule has 0 aromatic carbocycles. The molecule has 0 bridgehead atoms. The molecule has 0 radical (unpaired) electrons. The third kappa shape index (κ3) is 1.17. The zero-order chi connectivity index (χ0) is 6.69. The van der Waals surface area contributed by atoms with Gasteiger partial charge in [0.05, 0.1) is 0 Å². The summed E-state index contributed by atoms with van der Waals surface area (Å²) in [6.07, 6.45) is 5.40. The highest BCUT2D eigenvalue weighted by molar-refractivity contribution is 5.49. The van der Waals surface area contributed by atoms with Crippen LogP contribution in [0.15, 0.2) is 25.0 Å². The molecule has 0 aliphatic rings. The van der Waals surface area contributed by atoms with Crippen LogP contribution >= 0.6 is 0 Å². The summed E-state index contributed by atoms with van der Waals surface area (Å²) in [7, 11) is 0. The largest absolute Gasteiger partial charge is 0.264 e. The third-order valence-corrected chi connectivity index (χ3v) is 1.30. The van der Waals surface area contributed by atoms with Gasteiger partial charge >= 0.3 is 0 Å². The van der Waals surface area contributed by atoms with Gasteiger partial charge in [0.2, 0.25) is 0 Å². The van der Waals surface area contributed by atoms with Crippen LogP contribution < -0.4 is 0 Å². The normalized spacial score (nSPS) is 9.00. The maximum Gasteiger partial charge on any atom is 0.0342 e. The fourth-order valence-corrected chi connectivity index (χ4v) is 0.690. The summed E-state index contributed by atoms with van der Waals surface area (Å²) in [5.41, 5.74) is 2.33. The van der Waals surface area contributed by atoms with Crippen LogP contribution in [0.1, 0.15) is 11.1 Å². The van der Waals surface area contributed by atoms with Crippen LogP contribution in [-0.2, 0) is 0 Å². The lowest BCUT2D eigenvalue weighted by molar-refractivity contribution is 1.27. The molecule has 1 nitrogen and oxygen atoms in total. The van der Waals surface area contributed by atoms with E-state index < -0.39 is 0 Å². The lowest BCUT2D eigenvalue weighted by atomic mass is 10.2. The number of hydrogen-bond acceptors (Lipinski definition) is 1. The van der Waals surface area contributed by atoms with Crippen molar-refractivity contribution < 1.29 is 0 Å². The van der Waals surface area contributed by atoms with Crippen molar-refractivity contribution in [1.82, 2.24) is 4.98 Å². The second kappa shape index (κ2) is 2.44. The number of hydrogen-bond donors (Lipinski definition) is 0. The van der Waals surface area contributed by atoms with E-state index in [1.54, 1.807) is 6.20 Å². The SMILES string of the molecule is C=Cc1cnccc1C. The predicted molar refractivity (Wildman–Crippen MR) is 39.1 cm³/mol. The van der Waals surface area contributed by atoms with Crippen molar-refractivity contribution >= 4 is 6.08 Å². The first-order chi connectivity index (χ1) is 4.34. The smallest absolute Gasteiger partial charge is 0.0342 e. The molecular weight excluding hydrogens is 110 g/mol. The molecule has 0 aliphatic carbocycles. The van der Waals surface area contributed by atoms with Gasteiger partial charge in [-0.3, -0.25) is 4.98 Å². The molecule has 0 fully saturated rings. The van der Waals surface area contributed by atoms with Gasteiger partial charge in [0.1, 0.15) is 0 Å². The number of rotatable bonds is 1. The van der Waals surface area contributed by atoms with E-state index in [1.165, 1.54) is 5.56 Å². The van der Waals surface area contributed by atoms with Crippen LogP contribution in [0, 0.1) is 6.92 Å². The fourth-order valence-electron chi connectivity index (χ4n) is 0.690. The standard InChI is InChI=1S/C8H9N/c1-3-8-6-9-5-4-7(8)2/h3-6H,1H2,2H3. The number of pyridine rings is 1. The second-order valence-corrected chi connectivity index (χ2v) is 1.94. The van der Waals surface area contributed by atoms with E-state index in [2.05, 4.69) is 11.6 Å². The fraction of sp³-hybridized carbons (Fsp3) is 0.125. The Morgan fingerprint density at radius 3 is 2.89 bits per heavy atom. The molecule has 1 aromatic rings. The van der Waals surface area contributed by atoms with Gasteiger partial charge in [0, 0.05) is 12.4 Å². The molecule has 0 saturated carbocycles. The molecule has 1 aromatic heterocycles. The van der Waals surface area contributed by atoms with Gasteiger partial charge in [-0.25, -0.2) is 0 Å².